The number of hydrogen-bond donors (Lipinski definition) is 0. The number of carbonyl (C=O) groups excluding carboxylic acids is 1. The van der Waals surface area contributed by atoms with Crippen molar-refractivity contribution >= 4 is 5.91 Å². The van der Waals surface area contributed by atoms with Crippen LogP contribution in [0.2, 0.25) is 0 Å². The molecule has 2 aromatic rings. The lowest BCUT2D eigenvalue weighted by molar-refractivity contribution is 0.0743. The summed E-state index contributed by atoms with van der Waals surface area (Å²) >= 11 is 0. The fourth-order valence-corrected chi connectivity index (χ4v) is 1.49. The summed E-state index contributed by atoms with van der Waals surface area (Å²) in [6.45, 7) is 2.30. The molecule has 0 radical (unpaired) electrons. The highest BCUT2D eigenvalue weighted by Crippen LogP contribution is 2.08. The molecular weight excluding hydrogens is 218 g/mol. The Morgan fingerprint density at radius 3 is 2.71 bits per heavy atom. The predicted molar refractivity (Wildman–Crippen MR) is 61.3 cm³/mol. The van der Waals surface area contributed by atoms with E-state index in [1.54, 1.807) is 37.3 Å². The molecule has 0 atom stereocenters. The van der Waals surface area contributed by atoms with Crippen molar-refractivity contribution in [3.05, 3.63) is 47.6 Å². The first-order valence-corrected chi connectivity index (χ1v) is 5.24. The molecule has 2 heterocycles. The van der Waals surface area contributed by atoms with Gasteiger partial charge >= 0.3 is 0 Å². The maximum atomic E-state index is 11.9. The number of rotatable bonds is 3. The smallest absolute Gasteiger partial charge is 0.292 e. The van der Waals surface area contributed by atoms with E-state index in [2.05, 4.69) is 10.1 Å². The summed E-state index contributed by atoms with van der Waals surface area (Å²) in [5.74, 6) is 0.0847. The van der Waals surface area contributed by atoms with Gasteiger partial charge in [-0.1, -0.05) is 5.16 Å². The molecule has 17 heavy (non-hydrogen) atoms. The first-order chi connectivity index (χ1) is 8.16. The standard InChI is InChI=1S/C12H13N3O2/c1-9-7-11(17-14-9)12(16)15(2)8-10-3-5-13-6-4-10/h3-7H,8H2,1-2H3. The summed E-state index contributed by atoms with van der Waals surface area (Å²) in [6.07, 6.45) is 3.40. The zero-order chi connectivity index (χ0) is 12.3. The van der Waals surface area contributed by atoms with E-state index in [0.717, 1.165) is 5.56 Å². The molecule has 0 aliphatic heterocycles. The Hall–Kier alpha value is -2.17. The summed E-state index contributed by atoms with van der Waals surface area (Å²) in [5.41, 5.74) is 1.72. The molecule has 0 bridgehead atoms. The minimum absolute atomic E-state index is 0.178. The van der Waals surface area contributed by atoms with Crippen molar-refractivity contribution in [3.63, 3.8) is 0 Å². The van der Waals surface area contributed by atoms with Crippen LogP contribution in [0.3, 0.4) is 0 Å². The Balaban J connectivity index is 2.06. The molecular formula is C12H13N3O2. The summed E-state index contributed by atoms with van der Waals surface area (Å²) in [7, 11) is 1.72. The normalized spacial score (nSPS) is 10.2. The Kier molecular flexibility index (Phi) is 3.18. The van der Waals surface area contributed by atoms with Gasteiger partial charge in [-0.25, -0.2) is 0 Å². The quantitative estimate of drug-likeness (QED) is 0.805. The number of pyridine rings is 1. The van der Waals surface area contributed by atoms with Crippen LogP contribution in [-0.2, 0) is 6.54 Å². The second-order valence-electron chi connectivity index (χ2n) is 3.85. The van der Waals surface area contributed by atoms with Crippen LogP contribution in [0.25, 0.3) is 0 Å². The van der Waals surface area contributed by atoms with Gasteiger partial charge in [0.2, 0.25) is 5.76 Å². The lowest BCUT2D eigenvalue weighted by Gasteiger charge is -2.14. The van der Waals surface area contributed by atoms with E-state index in [1.165, 1.54) is 0 Å². The van der Waals surface area contributed by atoms with Crippen molar-refractivity contribution in [3.8, 4) is 0 Å². The molecule has 0 saturated heterocycles. The van der Waals surface area contributed by atoms with Crippen molar-refractivity contribution in [1.82, 2.24) is 15.0 Å². The third kappa shape index (κ3) is 2.69. The van der Waals surface area contributed by atoms with E-state index in [-0.39, 0.29) is 11.7 Å². The van der Waals surface area contributed by atoms with Crippen LogP contribution in [-0.4, -0.2) is 28.0 Å². The average molecular weight is 231 g/mol. The van der Waals surface area contributed by atoms with E-state index in [1.807, 2.05) is 12.1 Å². The molecule has 0 fully saturated rings. The van der Waals surface area contributed by atoms with Crippen LogP contribution >= 0.6 is 0 Å². The number of aryl methyl sites for hydroxylation is 1. The van der Waals surface area contributed by atoms with Crippen LogP contribution in [0, 0.1) is 6.92 Å². The number of aromatic nitrogens is 2. The molecule has 2 rings (SSSR count). The van der Waals surface area contributed by atoms with Gasteiger partial charge in [-0.2, -0.15) is 0 Å². The van der Waals surface area contributed by atoms with Gasteiger partial charge in [0.05, 0.1) is 5.69 Å². The second-order valence-corrected chi connectivity index (χ2v) is 3.85. The Labute approximate surface area is 99.1 Å². The molecule has 1 amide bonds. The van der Waals surface area contributed by atoms with Crippen LogP contribution < -0.4 is 0 Å². The van der Waals surface area contributed by atoms with Gasteiger partial charge in [0.15, 0.2) is 0 Å². The average Bonchev–Trinajstić information content (AvgIpc) is 2.76. The zero-order valence-corrected chi connectivity index (χ0v) is 9.75. The Morgan fingerprint density at radius 2 is 2.12 bits per heavy atom. The predicted octanol–water partition coefficient (Wildman–Crippen LogP) is 1.65. The van der Waals surface area contributed by atoms with Crippen LogP contribution in [0.4, 0.5) is 0 Å². The van der Waals surface area contributed by atoms with Crippen molar-refractivity contribution in [2.24, 2.45) is 0 Å². The van der Waals surface area contributed by atoms with Crippen molar-refractivity contribution < 1.29 is 9.32 Å². The van der Waals surface area contributed by atoms with Crippen LogP contribution in [0.5, 0.6) is 0 Å². The third-order valence-electron chi connectivity index (χ3n) is 2.35. The zero-order valence-electron chi connectivity index (χ0n) is 9.75. The van der Waals surface area contributed by atoms with Gasteiger partial charge in [-0.3, -0.25) is 9.78 Å². The number of hydrogen-bond acceptors (Lipinski definition) is 4. The minimum atomic E-state index is -0.178. The van der Waals surface area contributed by atoms with E-state index in [0.29, 0.717) is 12.2 Å². The summed E-state index contributed by atoms with van der Waals surface area (Å²) in [5, 5.41) is 3.69. The Morgan fingerprint density at radius 1 is 1.41 bits per heavy atom. The van der Waals surface area contributed by atoms with Gasteiger partial charge in [-0.05, 0) is 24.6 Å². The van der Waals surface area contributed by atoms with E-state index < -0.39 is 0 Å². The molecule has 88 valence electrons. The topological polar surface area (TPSA) is 59.2 Å². The van der Waals surface area contributed by atoms with Gasteiger partial charge < -0.3 is 9.42 Å². The third-order valence-corrected chi connectivity index (χ3v) is 2.35. The highest BCUT2D eigenvalue weighted by molar-refractivity contribution is 5.91. The fourth-order valence-electron chi connectivity index (χ4n) is 1.49. The van der Waals surface area contributed by atoms with Gasteiger partial charge in [0.25, 0.3) is 5.91 Å². The lowest BCUT2D eigenvalue weighted by atomic mass is 10.2. The molecule has 5 nitrogen and oxygen atoms in total. The van der Waals surface area contributed by atoms with E-state index >= 15 is 0 Å². The van der Waals surface area contributed by atoms with Crippen molar-refractivity contribution in [2.75, 3.05) is 7.05 Å². The molecule has 5 heteroatoms. The molecule has 0 N–H and O–H groups in total. The van der Waals surface area contributed by atoms with Gasteiger partial charge in [0, 0.05) is 32.1 Å². The van der Waals surface area contributed by atoms with E-state index in [4.69, 9.17) is 4.52 Å². The number of carbonyl (C=O) groups is 1. The largest absolute Gasteiger partial charge is 0.351 e. The lowest BCUT2D eigenvalue weighted by Crippen LogP contribution is -2.25. The first kappa shape index (κ1) is 11.3. The molecule has 2 aromatic heterocycles. The van der Waals surface area contributed by atoms with Crippen molar-refractivity contribution in [1.29, 1.82) is 0 Å². The molecule has 0 unspecified atom stereocenters. The second kappa shape index (κ2) is 4.78. The van der Waals surface area contributed by atoms with Crippen LogP contribution in [0.1, 0.15) is 21.8 Å². The monoisotopic (exact) mass is 231 g/mol. The molecule has 0 aliphatic carbocycles. The first-order valence-electron chi connectivity index (χ1n) is 5.24. The summed E-state index contributed by atoms with van der Waals surface area (Å²) in [4.78, 5) is 17.4. The highest BCUT2D eigenvalue weighted by atomic mass is 16.5. The molecule has 0 saturated carbocycles. The fraction of sp³-hybridized carbons (Fsp3) is 0.250. The van der Waals surface area contributed by atoms with Crippen molar-refractivity contribution in [2.45, 2.75) is 13.5 Å². The maximum Gasteiger partial charge on any atom is 0.292 e. The van der Waals surface area contributed by atoms with Gasteiger partial charge in [0.1, 0.15) is 0 Å². The van der Waals surface area contributed by atoms with Crippen LogP contribution in [0.15, 0.2) is 35.1 Å². The molecule has 0 spiro atoms. The number of nitrogens with zero attached hydrogens (tertiary/aromatic N) is 3. The maximum absolute atomic E-state index is 11.9. The summed E-state index contributed by atoms with van der Waals surface area (Å²) in [6, 6.07) is 5.37. The SMILES string of the molecule is Cc1cc(C(=O)N(C)Cc2ccncc2)on1. The highest BCUT2D eigenvalue weighted by Gasteiger charge is 2.16. The number of amides is 1. The van der Waals surface area contributed by atoms with Gasteiger partial charge in [-0.15, -0.1) is 0 Å². The minimum Gasteiger partial charge on any atom is -0.351 e. The Bertz CT molecular complexity index is 507. The molecule has 0 aliphatic rings. The summed E-state index contributed by atoms with van der Waals surface area (Å²) < 4.78 is 4.93. The van der Waals surface area contributed by atoms with E-state index in [9.17, 15) is 4.79 Å². The molecule has 0 aromatic carbocycles.